The summed E-state index contributed by atoms with van der Waals surface area (Å²) in [5, 5.41) is 0. The van der Waals surface area contributed by atoms with Gasteiger partial charge < -0.3 is 4.43 Å². The van der Waals surface area contributed by atoms with Crippen LogP contribution in [0.15, 0.2) is 67.3 Å². The summed E-state index contributed by atoms with van der Waals surface area (Å²) in [7, 11) is -2.34. The van der Waals surface area contributed by atoms with Crippen molar-refractivity contribution < 1.29 is 14.0 Å². The second-order valence-electron chi connectivity index (χ2n) is 9.87. The molecule has 1 aliphatic rings. The number of allylic oxidation sites excluding steroid dienone is 1. The molecule has 0 spiro atoms. The molecular formula is C28H37NO3Si. The van der Waals surface area contributed by atoms with Crippen molar-refractivity contribution >= 4 is 20.1 Å². The summed E-state index contributed by atoms with van der Waals surface area (Å²) >= 11 is 0. The van der Waals surface area contributed by atoms with Crippen LogP contribution in [0.3, 0.4) is 0 Å². The van der Waals surface area contributed by atoms with Gasteiger partial charge in [0.15, 0.2) is 6.10 Å². The van der Waals surface area contributed by atoms with Crippen molar-refractivity contribution in [3.63, 3.8) is 0 Å². The Labute approximate surface area is 199 Å². The van der Waals surface area contributed by atoms with Gasteiger partial charge in [-0.25, -0.2) is 0 Å². The second-order valence-corrected chi connectivity index (χ2v) is 15.3. The van der Waals surface area contributed by atoms with Crippen LogP contribution < -0.4 is 0 Å². The van der Waals surface area contributed by atoms with Gasteiger partial charge in [-0.1, -0.05) is 90.1 Å². The first-order valence-electron chi connectivity index (χ1n) is 12.0. The zero-order chi connectivity index (χ0) is 24.3. The summed E-state index contributed by atoms with van der Waals surface area (Å²) in [6.45, 7) is 17.2. The van der Waals surface area contributed by atoms with Crippen molar-refractivity contribution in [3.8, 4) is 0 Å². The third kappa shape index (κ3) is 4.49. The molecule has 2 aromatic rings. The molecule has 1 saturated heterocycles. The number of hydrogen-bond acceptors (Lipinski definition) is 3. The van der Waals surface area contributed by atoms with Gasteiger partial charge in [-0.15, -0.1) is 6.58 Å². The number of nitrogens with zero attached hydrogens (tertiary/aromatic N) is 1. The van der Waals surface area contributed by atoms with Crippen molar-refractivity contribution in [3.05, 3.63) is 83.9 Å². The van der Waals surface area contributed by atoms with E-state index in [9.17, 15) is 9.59 Å². The first-order chi connectivity index (χ1) is 15.7. The smallest absolute Gasteiger partial charge is 0.261 e. The van der Waals surface area contributed by atoms with E-state index in [0.29, 0.717) is 28.6 Å². The van der Waals surface area contributed by atoms with Crippen molar-refractivity contribution in [2.45, 2.75) is 76.7 Å². The van der Waals surface area contributed by atoms with Gasteiger partial charge in [0, 0.05) is 5.56 Å². The SMILES string of the molecule is C=CCc1ccccc1[C@H]1[C@H](O[Si](C(C)C)(C(C)C)C(C)C)C(=O)N1C(=O)c1ccccc1. The van der Waals surface area contributed by atoms with E-state index in [-0.39, 0.29) is 11.8 Å². The van der Waals surface area contributed by atoms with Crippen molar-refractivity contribution in [2.24, 2.45) is 0 Å². The van der Waals surface area contributed by atoms with Gasteiger partial charge in [-0.3, -0.25) is 14.5 Å². The fraction of sp³-hybridized carbons (Fsp3) is 0.429. The van der Waals surface area contributed by atoms with E-state index < -0.39 is 20.5 Å². The Hall–Kier alpha value is -2.50. The number of likely N-dealkylation sites (tertiary alicyclic amines) is 1. The van der Waals surface area contributed by atoms with E-state index in [1.54, 1.807) is 12.1 Å². The molecule has 0 aromatic heterocycles. The van der Waals surface area contributed by atoms with E-state index >= 15 is 0 Å². The van der Waals surface area contributed by atoms with Gasteiger partial charge in [0.2, 0.25) is 8.32 Å². The third-order valence-electron chi connectivity index (χ3n) is 7.06. The number of rotatable bonds is 9. The van der Waals surface area contributed by atoms with Gasteiger partial charge in [0.1, 0.15) is 0 Å². The summed E-state index contributed by atoms with van der Waals surface area (Å²) in [5.41, 5.74) is 3.56. The summed E-state index contributed by atoms with van der Waals surface area (Å²) in [5.74, 6) is -0.508. The molecule has 33 heavy (non-hydrogen) atoms. The number of carbonyl (C=O) groups excluding carboxylic acids is 2. The van der Waals surface area contributed by atoms with Crippen LogP contribution in [-0.4, -0.2) is 31.1 Å². The van der Waals surface area contributed by atoms with E-state index in [1.807, 2.05) is 48.5 Å². The minimum Gasteiger partial charge on any atom is -0.402 e. The summed E-state index contributed by atoms with van der Waals surface area (Å²) in [6, 6.07) is 16.6. The zero-order valence-corrected chi connectivity index (χ0v) is 21.7. The molecule has 1 fully saturated rings. The predicted octanol–water partition coefficient (Wildman–Crippen LogP) is 6.70. The highest BCUT2D eigenvalue weighted by Crippen LogP contribution is 2.48. The Morgan fingerprint density at radius 2 is 1.52 bits per heavy atom. The van der Waals surface area contributed by atoms with Crippen LogP contribution >= 0.6 is 0 Å². The Bertz CT molecular complexity index is 977. The lowest BCUT2D eigenvalue weighted by atomic mass is 9.86. The van der Waals surface area contributed by atoms with E-state index in [0.717, 1.165) is 11.1 Å². The van der Waals surface area contributed by atoms with E-state index in [4.69, 9.17) is 4.43 Å². The Morgan fingerprint density at radius 3 is 2.06 bits per heavy atom. The van der Waals surface area contributed by atoms with Gasteiger partial charge in [0.25, 0.3) is 11.8 Å². The first kappa shape index (κ1) is 25.1. The van der Waals surface area contributed by atoms with Crippen LogP contribution in [0.1, 0.15) is 69.1 Å². The fourth-order valence-electron chi connectivity index (χ4n) is 5.62. The summed E-state index contributed by atoms with van der Waals surface area (Å²) in [6.07, 6.45) is 1.87. The molecule has 1 heterocycles. The van der Waals surface area contributed by atoms with Gasteiger partial charge in [-0.2, -0.15) is 0 Å². The average molecular weight is 464 g/mol. The lowest BCUT2D eigenvalue weighted by Gasteiger charge is -2.52. The van der Waals surface area contributed by atoms with Crippen LogP contribution in [0.4, 0.5) is 0 Å². The topological polar surface area (TPSA) is 46.6 Å². The number of benzene rings is 2. The van der Waals surface area contributed by atoms with Crippen LogP contribution in [0.2, 0.25) is 16.6 Å². The van der Waals surface area contributed by atoms with E-state index in [1.165, 1.54) is 4.90 Å². The molecule has 0 aliphatic carbocycles. The molecule has 1 aliphatic heterocycles. The highest BCUT2D eigenvalue weighted by Gasteiger charge is 2.58. The zero-order valence-electron chi connectivity index (χ0n) is 20.7. The quantitative estimate of drug-likeness (QED) is 0.180. The molecule has 4 nitrogen and oxygen atoms in total. The standard InChI is InChI=1S/C28H37NO3Si/c1-8-14-22-15-12-13-18-24(22)25-26(32-33(19(2)3,20(4)5)21(6)7)28(31)29(25)27(30)23-16-10-9-11-17-23/h8-13,15-21,25-26H,1,14H2,2-7H3/t25-,26-/m0/s1. The van der Waals surface area contributed by atoms with E-state index in [2.05, 4.69) is 48.1 Å². The summed E-state index contributed by atoms with van der Waals surface area (Å²) < 4.78 is 6.96. The molecule has 3 rings (SSSR count). The van der Waals surface area contributed by atoms with Gasteiger partial charge in [-0.05, 0) is 46.3 Å². The van der Waals surface area contributed by atoms with Crippen LogP contribution in [0.25, 0.3) is 0 Å². The summed E-state index contributed by atoms with van der Waals surface area (Å²) in [4.78, 5) is 28.4. The minimum atomic E-state index is -2.34. The Balaban J connectivity index is 2.09. The minimum absolute atomic E-state index is 0.235. The number of β-lactam (4-membered cyclic amide) rings is 1. The second kappa shape index (κ2) is 10.2. The normalized spacial score (nSPS) is 18.7. The molecule has 0 radical (unpaired) electrons. The molecule has 0 unspecified atom stereocenters. The largest absolute Gasteiger partial charge is 0.402 e. The molecule has 5 heteroatoms. The first-order valence-corrected chi connectivity index (χ1v) is 14.1. The Kier molecular flexibility index (Phi) is 7.75. The van der Waals surface area contributed by atoms with Gasteiger partial charge >= 0.3 is 0 Å². The highest BCUT2D eigenvalue weighted by atomic mass is 28.4. The molecule has 2 aromatic carbocycles. The van der Waals surface area contributed by atoms with Crippen molar-refractivity contribution in [2.75, 3.05) is 0 Å². The van der Waals surface area contributed by atoms with Crippen molar-refractivity contribution in [1.29, 1.82) is 0 Å². The van der Waals surface area contributed by atoms with Crippen LogP contribution in [0.5, 0.6) is 0 Å². The average Bonchev–Trinajstić information content (AvgIpc) is 2.78. The fourth-order valence-corrected chi connectivity index (χ4v) is 11.1. The molecule has 2 atom stereocenters. The maximum atomic E-state index is 13.6. The maximum Gasteiger partial charge on any atom is 0.261 e. The van der Waals surface area contributed by atoms with Crippen LogP contribution in [-0.2, 0) is 15.6 Å². The number of imide groups is 1. The number of carbonyl (C=O) groups is 2. The number of hydrogen-bond donors (Lipinski definition) is 0. The molecule has 0 bridgehead atoms. The Morgan fingerprint density at radius 1 is 0.970 bits per heavy atom. The molecule has 0 N–H and O–H groups in total. The third-order valence-corrected chi connectivity index (χ3v) is 13.1. The molecule has 176 valence electrons. The number of amides is 2. The lowest BCUT2D eigenvalue weighted by Crippen LogP contribution is -2.66. The lowest BCUT2D eigenvalue weighted by molar-refractivity contribution is -0.159. The van der Waals surface area contributed by atoms with Crippen molar-refractivity contribution in [1.82, 2.24) is 4.90 Å². The maximum absolute atomic E-state index is 13.6. The van der Waals surface area contributed by atoms with Gasteiger partial charge in [0.05, 0.1) is 6.04 Å². The predicted molar refractivity (Wildman–Crippen MR) is 137 cm³/mol. The molecular weight excluding hydrogens is 426 g/mol. The monoisotopic (exact) mass is 463 g/mol. The highest BCUT2D eigenvalue weighted by molar-refractivity contribution is 6.77. The molecule has 0 saturated carbocycles. The molecule has 2 amide bonds. The van der Waals surface area contributed by atoms with Crippen LogP contribution in [0, 0.1) is 0 Å².